The summed E-state index contributed by atoms with van der Waals surface area (Å²) in [5, 5.41) is 4.37. The van der Waals surface area contributed by atoms with Crippen molar-refractivity contribution in [1.29, 1.82) is 0 Å². The lowest BCUT2D eigenvalue weighted by molar-refractivity contribution is -0.112. The van der Waals surface area contributed by atoms with Crippen molar-refractivity contribution < 1.29 is 14.3 Å². The van der Waals surface area contributed by atoms with Gasteiger partial charge in [0.05, 0.1) is 25.5 Å². The van der Waals surface area contributed by atoms with Crippen LogP contribution in [0.3, 0.4) is 0 Å². The first-order valence-electron chi connectivity index (χ1n) is 9.07. The van der Waals surface area contributed by atoms with Crippen molar-refractivity contribution in [2.24, 2.45) is 0 Å². The van der Waals surface area contributed by atoms with Crippen LogP contribution in [0.4, 0.5) is 5.69 Å². The molecule has 0 bridgehead atoms. The summed E-state index contributed by atoms with van der Waals surface area (Å²) in [6.07, 6.45) is 0. The summed E-state index contributed by atoms with van der Waals surface area (Å²) >= 11 is 1.16. The molecule has 0 spiro atoms. The van der Waals surface area contributed by atoms with Crippen LogP contribution in [0, 0.1) is 0 Å². The fourth-order valence-electron chi connectivity index (χ4n) is 3.57. The summed E-state index contributed by atoms with van der Waals surface area (Å²) in [5.41, 5.74) is 2.25. The molecule has 0 unspecified atom stereocenters. The van der Waals surface area contributed by atoms with Gasteiger partial charge in [-0.2, -0.15) is 9.50 Å². The second-order valence-electron chi connectivity index (χ2n) is 6.69. The minimum Gasteiger partial charge on any atom is -0.493 e. The van der Waals surface area contributed by atoms with Gasteiger partial charge < -0.3 is 14.4 Å². The van der Waals surface area contributed by atoms with Crippen molar-refractivity contribution in [2.45, 2.75) is 0 Å². The highest BCUT2D eigenvalue weighted by Gasteiger charge is 2.31. The Bertz CT molecular complexity index is 1440. The van der Waals surface area contributed by atoms with Crippen LogP contribution in [-0.4, -0.2) is 41.8 Å². The van der Waals surface area contributed by atoms with Crippen molar-refractivity contribution in [1.82, 2.24) is 14.6 Å². The zero-order valence-corrected chi connectivity index (χ0v) is 17.2. The first-order valence-corrected chi connectivity index (χ1v) is 9.89. The van der Waals surface area contributed by atoms with E-state index in [-0.39, 0.29) is 11.5 Å². The first kappa shape index (κ1) is 18.3. The van der Waals surface area contributed by atoms with Gasteiger partial charge in [0, 0.05) is 18.2 Å². The van der Waals surface area contributed by atoms with E-state index >= 15 is 0 Å². The fourth-order valence-corrected chi connectivity index (χ4v) is 4.57. The van der Waals surface area contributed by atoms with E-state index in [2.05, 4.69) is 10.1 Å². The third kappa shape index (κ3) is 2.52. The Kier molecular flexibility index (Phi) is 4.07. The number of anilines is 1. The van der Waals surface area contributed by atoms with Crippen molar-refractivity contribution in [3.05, 3.63) is 62.9 Å². The summed E-state index contributed by atoms with van der Waals surface area (Å²) in [4.78, 5) is 32.4. The molecule has 5 rings (SSSR count). The van der Waals surface area contributed by atoms with E-state index < -0.39 is 0 Å². The molecule has 2 aromatic carbocycles. The van der Waals surface area contributed by atoms with Crippen LogP contribution in [0.2, 0.25) is 0 Å². The molecule has 9 heteroatoms. The molecule has 0 atom stereocenters. The molecule has 0 saturated heterocycles. The number of aromatic nitrogens is 3. The van der Waals surface area contributed by atoms with Gasteiger partial charge in [0.15, 0.2) is 17.3 Å². The molecule has 30 heavy (non-hydrogen) atoms. The van der Waals surface area contributed by atoms with Gasteiger partial charge in [0.25, 0.3) is 11.5 Å². The lowest BCUT2D eigenvalue weighted by Crippen LogP contribution is -2.30. The zero-order valence-electron chi connectivity index (χ0n) is 16.4. The van der Waals surface area contributed by atoms with Crippen molar-refractivity contribution in [3.63, 3.8) is 0 Å². The Hall–Kier alpha value is -3.72. The number of nitrogens with zero attached hydrogens (tertiary/aromatic N) is 4. The third-order valence-corrected chi connectivity index (χ3v) is 6.11. The zero-order chi connectivity index (χ0) is 21.0. The number of hydrogen-bond donors (Lipinski definition) is 0. The quantitative estimate of drug-likeness (QED) is 0.502. The van der Waals surface area contributed by atoms with E-state index in [1.807, 2.05) is 24.3 Å². The van der Waals surface area contributed by atoms with Crippen molar-refractivity contribution >= 4 is 33.5 Å². The van der Waals surface area contributed by atoms with Gasteiger partial charge in [-0.15, -0.1) is 5.10 Å². The van der Waals surface area contributed by atoms with Crippen LogP contribution >= 0.6 is 11.3 Å². The summed E-state index contributed by atoms with van der Waals surface area (Å²) < 4.78 is 12.2. The number of methoxy groups -OCH3 is 2. The second kappa shape index (κ2) is 6.67. The normalized spacial score (nSPS) is 15.0. The van der Waals surface area contributed by atoms with Crippen LogP contribution in [-0.2, 0) is 4.79 Å². The lowest BCUT2D eigenvalue weighted by atomic mass is 10.1. The molecule has 3 heterocycles. The van der Waals surface area contributed by atoms with E-state index in [1.54, 1.807) is 44.4 Å². The van der Waals surface area contributed by atoms with Gasteiger partial charge >= 0.3 is 0 Å². The molecule has 4 aromatic rings. The molecular formula is C21H16N4O4S. The van der Waals surface area contributed by atoms with E-state index in [4.69, 9.17) is 9.47 Å². The predicted octanol–water partition coefficient (Wildman–Crippen LogP) is 1.73. The number of benzene rings is 2. The topological polar surface area (TPSA) is 86.0 Å². The maximum absolute atomic E-state index is 13.1. The molecule has 0 aliphatic carbocycles. The summed E-state index contributed by atoms with van der Waals surface area (Å²) in [6.45, 7) is 0. The third-order valence-electron chi connectivity index (χ3n) is 5.08. The van der Waals surface area contributed by atoms with E-state index in [0.717, 1.165) is 22.6 Å². The number of amides is 1. The highest BCUT2D eigenvalue weighted by atomic mass is 32.1. The van der Waals surface area contributed by atoms with Crippen LogP contribution in [0.5, 0.6) is 11.5 Å². The van der Waals surface area contributed by atoms with Crippen LogP contribution in [0.1, 0.15) is 5.56 Å². The van der Waals surface area contributed by atoms with Crippen LogP contribution in [0.15, 0.2) is 47.3 Å². The molecule has 150 valence electrons. The molecule has 0 saturated carbocycles. The Morgan fingerprint density at radius 1 is 1.00 bits per heavy atom. The number of carbonyl (C=O) groups is 1. The first-order chi connectivity index (χ1) is 14.5. The van der Waals surface area contributed by atoms with E-state index in [9.17, 15) is 9.59 Å². The van der Waals surface area contributed by atoms with Gasteiger partial charge in [-0.3, -0.25) is 9.59 Å². The molecule has 0 N–H and O–H groups in total. The van der Waals surface area contributed by atoms with Crippen molar-refractivity contribution in [2.75, 3.05) is 26.2 Å². The van der Waals surface area contributed by atoms with E-state index in [0.29, 0.717) is 38.0 Å². The summed E-state index contributed by atoms with van der Waals surface area (Å²) in [7, 11) is 4.81. The molecule has 0 radical (unpaired) electrons. The number of ether oxygens (including phenoxy) is 2. The van der Waals surface area contributed by atoms with Gasteiger partial charge in [0.2, 0.25) is 4.96 Å². The Labute approximate surface area is 174 Å². The van der Waals surface area contributed by atoms with Crippen LogP contribution < -0.4 is 24.5 Å². The molecule has 1 aliphatic heterocycles. The molecular weight excluding hydrogens is 404 g/mol. The van der Waals surface area contributed by atoms with Gasteiger partial charge in [-0.1, -0.05) is 29.5 Å². The van der Waals surface area contributed by atoms with Crippen molar-refractivity contribution in [3.8, 4) is 22.9 Å². The lowest BCUT2D eigenvalue weighted by Gasteiger charge is -2.07. The highest BCUT2D eigenvalue weighted by Crippen LogP contribution is 2.34. The standard InChI is InChI=1S/C21H16N4O4S/c1-24-13-7-5-4-6-12(13)16(19(24)26)17-20(27)25-21(30-17)22-18(23-25)11-8-9-14(28-2)15(10-11)29-3/h4-10H,1-3H3/b17-16-. The average Bonchev–Trinajstić information content (AvgIpc) is 3.40. The monoisotopic (exact) mass is 420 g/mol. The fraction of sp³-hybridized carbons (Fsp3) is 0.143. The maximum Gasteiger partial charge on any atom is 0.291 e. The molecule has 2 aromatic heterocycles. The highest BCUT2D eigenvalue weighted by molar-refractivity contribution is 7.15. The average molecular weight is 420 g/mol. The smallest absolute Gasteiger partial charge is 0.291 e. The molecule has 1 amide bonds. The molecule has 8 nitrogen and oxygen atoms in total. The minimum absolute atomic E-state index is 0.210. The van der Waals surface area contributed by atoms with Crippen LogP contribution in [0.25, 0.3) is 21.9 Å². The number of thiazole rings is 1. The van der Waals surface area contributed by atoms with E-state index in [1.165, 1.54) is 4.52 Å². The number of fused-ring (bicyclic) bond motifs is 2. The summed E-state index contributed by atoms with van der Waals surface area (Å²) in [5.74, 6) is 1.32. The Morgan fingerprint density at radius 2 is 1.77 bits per heavy atom. The SMILES string of the molecule is COc1ccc(-c2nc3s/c(=C4\C(=O)N(C)c5ccccc54)c(=O)n3n2)cc1OC. The number of rotatable bonds is 3. The number of hydrogen-bond acceptors (Lipinski definition) is 7. The maximum atomic E-state index is 13.1. The number of likely N-dealkylation sites (N-methyl/N-ethyl adjacent to an activating group) is 1. The molecule has 1 aliphatic rings. The molecule has 0 fully saturated rings. The predicted molar refractivity (Wildman–Crippen MR) is 113 cm³/mol. The van der Waals surface area contributed by atoms with Gasteiger partial charge in [-0.05, 0) is 24.3 Å². The number of para-hydroxylation sites is 1. The largest absolute Gasteiger partial charge is 0.493 e. The van der Waals surface area contributed by atoms with Gasteiger partial charge in [0.1, 0.15) is 4.53 Å². The van der Waals surface area contributed by atoms with Gasteiger partial charge in [-0.25, -0.2) is 0 Å². The number of carbonyl (C=O) groups excluding carboxylic acids is 1. The second-order valence-corrected chi connectivity index (χ2v) is 7.67. The minimum atomic E-state index is -0.359. The summed E-state index contributed by atoms with van der Waals surface area (Å²) in [6, 6.07) is 12.7. The Morgan fingerprint density at radius 3 is 2.50 bits per heavy atom. The Balaban J connectivity index is 1.69.